The lowest BCUT2D eigenvalue weighted by Gasteiger charge is -2.13. The van der Waals surface area contributed by atoms with Gasteiger partial charge in [-0.1, -0.05) is 47.1 Å². The average Bonchev–Trinajstić information content (AvgIpc) is 3.17. The molecule has 0 bridgehead atoms. The number of benzene rings is 3. The van der Waals surface area contributed by atoms with Crippen molar-refractivity contribution in [2.75, 3.05) is 7.11 Å². The number of aryl methyl sites for hydroxylation is 1. The minimum atomic E-state index is -0.289. The number of oxime groups is 1. The molecule has 4 nitrogen and oxygen atoms in total. The van der Waals surface area contributed by atoms with Crippen LogP contribution in [0.1, 0.15) is 29.3 Å². The van der Waals surface area contributed by atoms with Gasteiger partial charge in [-0.15, -0.1) is 0 Å². The Morgan fingerprint density at radius 2 is 1.64 bits per heavy atom. The average molecular weight is 443 g/mol. The summed E-state index contributed by atoms with van der Waals surface area (Å²) in [5.41, 5.74) is 7.06. The summed E-state index contributed by atoms with van der Waals surface area (Å²) in [6, 6.07) is 24.7. The van der Waals surface area contributed by atoms with Crippen LogP contribution in [0.2, 0.25) is 0 Å². The van der Waals surface area contributed by atoms with Gasteiger partial charge in [-0.25, -0.2) is 4.39 Å². The Balaban J connectivity index is 1.72. The lowest BCUT2D eigenvalue weighted by atomic mass is 10.1. The lowest BCUT2D eigenvalue weighted by Crippen LogP contribution is -2.04. The SMILES string of the molecule is COc1ccc(-c2cc(/C(C)=N\OCc3ccc(C)cc3)c(C)n2-c2ccccc2F)cc1. The molecule has 3 aromatic carbocycles. The van der Waals surface area contributed by atoms with Crippen molar-refractivity contribution in [2.45, 2.75) is 27.4 Å². The van der Waals surface area contributed by atoms with Gasteiger partial charge >= 0.3 is 0 Å². The predicted molar refractivity (Wildman–Crippen MR) is 131 cm³/mol. The summed E-state index contributed by atoms with van der Waals surface area (Å²) in [4.78, 5) is 5.63. The summed E-state index contributed by atoms with van der Waals surface area (Å²) in [5, 5.41) is 4.35. The second-order valence-electron chi connectivity index (χ2n) is 7.98. The van der Waals surface area contributed by atoms with Crippen molar-refractivity contribution in [1.29, 1.82) is 0 Å². The molecule has 168 valence electrons. The van der Waals surface area contributed by atoms with Crippen LogP contribution in [0.3, 0.4) is 0 Å². The maximum Gasteiger partial charge on any atom is 0.147 e. The number of methoxy groups -OCH3 is 1. The third kappa shape index (κ3) is 4.82. The first-order valence-corrected chi connectivity index (χ1v) is 10.8. The predicted octanol–water partition coefficient (Wildman–Crippen LogP) is 6.85. The summed E-state index contributed by atoms with van der Waals surface area (Å²) in [7, 11) is 1.63. The third-order valence-corrected chi connectivity index (χ3v) is 5.67. The van der Waals surface area contributed by atoms with E-state index in [1.165, 1.54) is 11.6 Å². The molecular weight excluding hydrogens is 415 g/mol. The van der Waals surface area contributed by atoms with Gasteiger partial charge in [0.15, 0.2) is 0 Å². The lowest BCUT2D eigenvalue weighted by molar-refractivity contribution is 0.130. The zero-order chi connectivity index (χ0) is 23.4. The Morgan fingerprint density at radius 1 is 0.939 bits per heavy atom. The molecule has 33 heavy (non-hydrogen) atoms. The van der Waals surface area contributed by atoms with Crippen molar-refractivity contribution in [2.24, 2.45) is 5.16 Å². The van der Waals surface area contributed by atoms with Crippen LogP contribution in [-0.4, -0.2) is 17.4 Å². The Kier molecular flexibility index (Phi) is 6.59. The van der Waals surface area contributed by atoms with E-state index in [-0.39, 0.29) is 5.82 Å². The van der Waals surface area contributed by atoms with E-state index in [1.807, 2.05) is 66.9 Å². The number of halogens is 1. The Labute approximate surface area is 193 Å². The van der Waals surface area contributed by atoms with Gasteiger partial charge < -0.3 is 14.1 Å². The molecule has 4 rings (SSSR count). The van der Waals surface area contributed by atoms with Crippen molar-refractivity contribution >= 4 is 5.71 Å². The van der Waals surface area contributed by atoms with E-state index >= 15 is 0 Å². The van der Waals surface area contributed by atoms with Gasteiger partial charge in [0.2, 0.25) is 0 Å². The van der Waals surface area contributed by atoms with E-state index in [9.17, 15) is 4.39 Å². The van der Waals surface area contributed by atoms with Crippen molar-refractivity contribution in [3.05, 3.63) is 107 Å². The molecule has 5 heteroatoms. The van der Waals surface area contributed by atoms with E-state index in [0.717, 1.165) is 39.5 Å². The summed E-state index contributed by atoms with van der Waals surface area (Å²) < 4.78 is 22.0. The number of para-hydroxylation sites is 1. The molecule has 0 fully saturated rings. The summed E-state index contributed by atoms with van der Waals surface area (Å²) >= 11 is 0. The van der Waals surface area contributed by atoms with Gasteiger partial charge in [0.25, 0.3) is 0 Å². The number of rotatable bonds is 7. The van der Waals surface area contributed by atoms with Crippen molar-refractivity contribution in [1.82, 2.24) is 4.57 Å². The highest BCUT2D eigenvalue weighted by Gasteiger charge is 2.19. The molecule has 0 aliphatic carbocycles. The van der Waals surface area contributed by atoms with Gasteiger partial charge in [-0.2, -0.15) is 0 Å². The maximum absolute atomic E-state index is 14.8. The zero-order valence-corrected chi connectivity index (χ0v) is 19.3. The van der Waals surface area contributed by atoms with Gasteiger partial charge in [0, 0.05) is 11.3 Å². The molecule has 0 saturated heterocycles. The van der Waals surface area contributed by atoms with Crippen LogP contribution < -0.4 is 4.74 Å². The fourth-order valence-corrected chi connectivity index (χ4v) is 3.83. The summed E-state index contributed by atoms with van der Waals surface area (Å²) in [6.45, 7) is 6.31. The largest absolute Gasteiger partial charge is 0.497 e. The Hall–Kier alpha value is -3.86. The highest BCUT2D eigenvalue weighted by molar-refractivity contribution is 6.01. The number of hydrogen-bond acceptors (Lipinski definition) is 3. The second-order valence-corrected chi connectivity index (χ2v) is 7.98. The quantitative estimate of drug-likeness (QED) is 0.232. The van der Waals surface area contributed by atoms with E-state index in [0.29, 0.717) is 12.3 Å². The van der Waals surface area contributed by atoms with Crippen LogP contribution in [0, 0.1) is 19.7 Å². The minimum absolute atomic E-state index is 0.289. The highest BCUT2D eigenvalue weighted by atomic mass is 19.1. The molecular formula is C28H27FN2O2. The molecule has 0 N–H and O–H groups in total. The molecule has 0 unspecified atom stereocenters. The first-order chi connectivity index (χ1) is 16.0. The Bertz CT molecular complexity index is 1270. The topological polar surface area (TPSA) is 35.8 Å². The number of ether oxygens (including phenoxy) is 1. The normalized spacial score (nSPS) is 11.5. The molecule has 0 spiro atoms. The molecule has 0 aliphatic rings. The number of nitrogens with zero attached hydrogens (tertiary/aromatic N) is 2. The van der Waals surface area contributed by atoms with Gasteiger partial charge in [-0.3, -0.25) is 0 Å². The van der Waals surface area contributed by atoms with Gasteiger partial charge in [0.1, 0.15) is 18.2 Å². The molecule has 1 aromatic heterocycles. The molecule has 0 aliphatic heterocycles. The first kappa shape index (κ1) is 22.3. The number of hydrogen-bond donors (Lipinski definition) is 0. The first-order valence-electron chi connectivity index (χ1n) is 10.8. The zero-order valence-electron chi connectivity index (χ0n) is 19.3. The highest BCUT2D eigenvalue weighted by Crippen LogP contribution is 2.32. The molecule has 0 amide bonds. The van der Waals surface area contributed by atoms with Crippen LogP contribution in [0.4, 0.5) is 4.39 Å². The van der Waals surface area contributed by atoms with Crippen LogP contribution in [0.5, 0.6) is 5.75 Å². The van der Waals surface area contributed by atoms with Crippen molar-refractivity contribution in [3.63, 3.8) is 0 Å². The molecule has 4 aromatic rings. The van der Waals surface area contributed by atoms with Crippen LogP contribution >= 0.6 is 0 Å². The number of aromatic nitrogens is 1. The van der Waals surface area contributed by atoms with Gasteiger partial charge in [-0.05, 0) is 74.4 Å². The van der Waals surface area contributed by atoms with E-state index < -0.39 is 0 Å². The molecule has 0 atom stereocenters. The Morgan fingerprint density at radius 3 is 2.30 bits per heavy atom. The van der Waals surface area contributed by atoms with Crippen LogP contribution in [0.25, 0.3) is 16.9 Å². The van der Waals surface area contributed by atoms with Crippen LogP contribution in [-0.2, 0) is 11.4 Å². The smallest absolute Gasteiger partial charge is 0.147 e. The van der Waals surface area contributed by atoms with E-state index in [1.54, 1.807) is 19.2 Å². The summed E-state index contributed by atoms with van der Waals surface area (Å²) in [5.74, 6) is 0.477. The van der Waals surface area contributed by atoms with E-state index in [2.05, 4.69) is 24.2 Å². The van der Waals surface area contributed by atoms with E-state index in [4.69, 9.17) is 9.57 Å². The van der Waals surface area contributed by atoms with Gasteiger partial charge in [0.05, 0.1) is 24.2 Å². The minimum Gasteiger partial charge on any atom is -0.497 e. The summed E-state index contributed by atoms with van der Waals surface area (Å²) in [6.07, 6.45) is 0. The maximum atomic E-state index is 14.8. The van der Waals surface area contributed by atoms with Crippen molar-refractivity contribution < 1.29 is 14.0 Å². The fourth-order valence-electron chi connectivity index (χ4n) is 3.83. The molecule has 0 saturated carbocycles. The standard InChI is InChI=1S/C28H27FN2O2/c1-19-9-11-22(12-10-19)18-33-30-20(2)25-17-28(23-13-15-24(32-4)16-14-23)31(21(25)3)27-8-6-5-7-26(27)29/h5-17H,18H2,1-4H3/b30-20-. The molecule has 0 radical (unpaired) electrons. The third-order valence-electron chi connectivity index (χ3n) is 5.67. The van der Waals surface area contributed by atoms with Crippen LogP contribution in [0.15, 0.2) is 84.0 Å². The molecule has 1 heterocycles. The van der Waals surface area contributed by atoms with Crippen molar-refractivity contribution in [3.8, 4) is 22.7 Å². The second kappa shape index (κ2) is 9.74. The monoisotopic (exact) mass is 442 g/mol. The fraction of sp³-hybridized carbons (Fsp3) is 0.179.